The number of nitrogens with zero attached hydrogens (tertiary/aromatic N) is 1. The molecule has 4 heterocycles. The van der Waals surface area contributed by atoms with Gasteiger partial charge in [0.1, 0.15) is 29.4 Å². The lowest BCUT2D eigenvalue weighted by molar-refractivity contribution is 0.00784. The highest BCUT2D eigenvalue weighted by atomic mass is 35.5. The third-order valence-electron chi connectivity index (χ3n) is 6.36. The van der Waals surface area contributed by atoms with Crippen molar-refractivity contribution in [1.29, 1.82) is 0 Å². The second kappa shape index (κ2) is 10.4. The summed E-state index contributed by atoms with van der Waals surface area (Å²) in [5.74, 6) is 0.282. The molecule has 2 aliphatic heterocycles. The summed E-state index contributed by atoms with van der Waals surface area (Å²) in [6.45, 7) is 0.458. The highest BCUT2D eigenvalue weighted by Gasteiger charge is 2.48. The molecular formula is C27H25ClN2O6. The SMILES string of the molecule is CO.O=Cc1c(O[C@@H]2COC3[C@H](O)CO[C@@H]32)[nH]c2cc(Cl)c(-c3ccc(-c4ccccc4)cc3)nc12. The van der Waals surface area contributed by atoms with Crippen molar-refractivity contribution in [2.24, 2.45) is 0 Å². The van der Waals surface area contributed by atoms with Crippen LogP contribution >= 0.6 is 11.6 Å². The standard InChI is InChI=1S/C26H21ClN2O5.CH4O/c27-18-10-19-23(29-22(18)16-8-6-15(7-9-16)14-4-2-1-3-5-14)17(11-30)26(28-19)34-21-13-33-24-20(31)12-32-25(21)24;1-2/h1-11,20-21,24-25,28,31H,12-13H2;2H,1H3/t20-,21-,24?,25-;/m1./s1. The van der Waals surface area contributed by atoms with Crippen LogP contribution in [0.15, 0.2) is 60.7 Å². The van der Waals surface area contributed by atoms with Gasteiger partial charge in [-0.3, -0.25) is 4.79 Å². The number of pyridine rings is 1. The van der Waals surface area contributed by atoms with Crippen molar-refractivity contribution in [3.05, 3.63) is 71.2 Å². The summed E-state index contributed by atoms with van der Waals surface area (Å²) in [4.78, 5) is 19.8. The van der Waals surface area contributed by atoms with Gasteiger partial charge in [0.25, 0.3) is 0 Å². The molecular weight excluding hydrogens is 484 g/mol. The van der Waals surface area contributed by atoms with Gasteiger partial charge in [-0.05, 0) is 17.2 Å². The molecule has 2 aromatic heterocycles. The van der Waals surface area contributed by atoms with Crippen LogP contribution in [-0.4, -0.2) is 71.2 Å². The quantitative estimate of drug-likeness (QED) is 0.350. The second-order valence-electron chi connectivity index (χ2n) is 8.46. The minimum Gasteiger partial charge on any atom is -0.470 e. The van der Waals surface area contributed by atoms with Crippen LogP contribution in [0.4, 0.5) is 0 Å². The zero-order valence-corrected chi connectivity index (χ0v) is 20.2. The van der Waals surface area contributed by atoms with Crippen molar-refractivity contribution in [3.8, 4) is 28.3 Å². The number of aldehydes is 1. The number of fused-ring (bicyclic) bond motifs is 2. The number of carbonyl (C=O) groups is 1. The molecule has 4 atom stereocenters. The van der Waals surface area contributed by atoms with Crippen molar-refractivity contribution in [2.45, 2.75) is 24.4 Å². The van der Waals surface area contributed by atoms with Crippen LogP contribution in [0.25, 0.3) is 33.4 Å². The molecule has 2 saturated heterocycles. The number of halogens is 1. The van der Waals surface area contributed by atoms with E-state index >= 15 is 0 Å². The summed E-state index contributed by atoms with van der Waals surface area (Å²) in [5.41, 5.74) is 4.99. The first-order chi connectivity index (χ1) is 17.6. The molecule has 1 unspecified atom stereocenters. The van der Waals surface area contributed by atoms with Crippen LogP contribution in [0.5, 0.6) is 5.88 Å². The first kappa shape index (κ1) is 24.4. The zero-order chi connectivity index (χ0) is 25.2. The Balaban J connectivity index is 0.00000130. The predicted molar refractivity (Wildman–Crippen MR) is 135 cm³/mol. The Morgan fingerprint density at radius 3 is 2.39 bits per heavy atom. The number of H-pyrrole nitrogens is 1. The normalized spacial score (nSPS) is 22.7. The van der Waals surface area contributed by atoms with Crippen molar-refractivity contribution in [2.75, 3.05) is 20.3 Å². The molecule has 4 aromatic rings. The summed E-state index contributed by atoms with van der Waals surface area (Å²) in [5, 5.41) is 17.4. The number of hydrogen-bond acceptors (Lipinski definition) is 7. The van der Waals surface area contributed by atoms with E-state index in [0.29, 0.717) is 27.3 Å². The number of benzene rings is 2. The Labute approximate surface area is 212 Å². The van der Waals surface area contributed by atoms with Gasteiger partial charge in [-0.2, -0.15) is 0 Å². The fraction of sp³-hybridized carbons (Fsp3) is 0.259. The number of rotatable bonds is 5. The molecule has 2 aliphatic rings. The number of aromatic nitrogens is 2. The number of aromatic amines is 1. The predicted octanol–water partition coefficient (Wildman–Crippen LogP) is 3.88. The average Bonchev–Trinajstić information content (AvgIpc) is 3.60. The summed E-state index contributed by atoms with van der Waals surface area (Å²) in [7, 11) is 1.00. The number of aliphatic hydroxyl groups excluding tert-OH is 2. The fourth-order valence-corrected chi connectivity index (χ4v) is 4.90. The molecule has 2 aromatic carbocycles. The Morgan fingerprint density at radius 1 is 1.00 bits per heavy atom. The minimum absolute atomic E-state index is 0.200. The summed E-state index contributed by atoms with van der Waals surface area (Å²) in [6.07, 6.45) is -1.23. The van der Waals surface area contributed by atoms with Gasteiger partial charge >= 0.3 is 0 Å². The van der Waals surface area contributed by atoms with Crippen LogP contribution in [0.1, 0.15) is 10.4 Å². The van der Waals surface area contributed by atoms with Gasteiger partial charge in [0.2, 0.25) is 5.88 Å². The fourth-order valence-electron chi connectivity index (χ4n) is 4.64. The van der Waals surface area contributed by atoms with Gasteiger partial charge in [-0.25, -0.2) is 4.98 Å². The van der Waals surface area contributed by atoms with Crippen LogP contribution < -0.4 is 4.74 Å². The van der Waals surface area contributed by atoms with Crippen LogP contribution in [0.2, 0.25) is 5.02 Å². The smallest absolute Gasteiger partial charge is 0.204 e. The highest BCUT2D eigenvalue weighted by molar-refractivity contribution is 6.33. The zero-order valence-electron chi connectivity index (χ0n) is 19.4. The maximum atomic E-state index is 12.0. The highest BCUT2D eigenvalue weighted by Crippen LogP contribution is 2.36. The Morgan fingerprint density at radius 2 is 1.67 bits per heavy atom. The summed E-state index contributed by atoms with van der Waals surface area (Å²) < 4.78 is 17.3. The monoisotopic (exact) mass is 508 g/mol. The van der Waals surface area contributed by atoms with E-state index in [1.165, 1.54) is 0 Å². The Kier molecular flexibility index (Phi) is 7.04. The van der Waals surface area contributed by atoms with E-state index in [-0.39, 0.29) is 19.1 Å². The van der Waals surface area contributed by atoms with Crippen molar-refractivity contribution in [3.63, 3.8) is 0 Å². The lowest BCUT2D eigenvalue weighted by Crippen LogP contribution is -2.34. The first-order valence-corrected chi connectivity index (χ1v) is 11.9. The van der Waals surface area contributed by atoms with E-state index in [2.05, 4.69) is 17.1 Å². The van der Waals surface area contributed by atoms with Crippen molar-refractivity contribution in [1.82, 2.24) is 9.97 Å². The first-order valence-electron chi connectivity index (χ1n) is 11.5. The van der Waals surface area contributed by atoms with Crippen LogP contribution in [-0.2, 0) is 9.47 Å². The molecule has 0 saturated carbocycles. The average molecular weight is 509 g/mol. The lowest BCUT2D eigenvalue weighted by Gasteiger charge is -2.17. The van der Waals surface area contributed by atoms with Gasteiger partial charge < -0.3 is 29.4 Å². The second-order valence-corrected chi connectivity index (χ2v) is 8.87. The number of carbonyl (C=O) groups excluding carboxylic acids is 1. The van der Waals surface area contributed by atoms with Gasteiger partial charge in [-0.15, -0.1) is 0 Å². The van der Waals surface area contributed by atoms with E-state index in [9.17, 15) is 9.90 Å². The van der Waals surface area contributed by atoms with Crippen LogP contribution in [0, 0.1) is 0 Å². The maximum absolute atomic E-state index is 12.0. The largest absolute Gasteiger partial charge is 0.470 e. The van der Waals surface area contributed by atoms with E-state index < -0.39 is 24.4 Å². The minimum atomic E-state index is -0.678. The Bertz CT molecular complexity index is 1360. The van der Waals surface area contributed by atoms with E-state index in [1.54, 1.807) is 6.07 Å². The van der Waals surface area contributed by atoms with Crippen LogP contribution in [0.3, 0.4) is 0 Å². The third kappa shape index (κ3) is 4.38. The molecule has 6 rings (SSSR count). The number of hydrogen-bond donors (Lipinski definition) is 3. The molecule has 0 bridgehead atoms. The van der Waals surface area contributed by atoms with E-state index in [4.69, 9.17) is 35.9 Å². The molecule has 8 nitrogen and oxygen atoms in total. The molecule has 0 radical (unpaired) electrons. The number of aliphatic hydroxyl groups is 2. The van der Waals surface area contributed by atoms with Crippen molar-refractivity contribution >= 4 is 28.9 Å². The Hall–Kier alpha value is -3.27. The third-order valence-corrected chi connectivity index (χ3v) is 6.65. The van der Waals surface area contributed by atoms with E-state index in [1.807, 2.05) is 42.5 Å². The topological polar surface area (TPSA) is 114 Å². The number of ether oxygens (including phenoxy) is 3. The molecule has 36 heavy (non-hydrogen) atoms. The van der Waals surface area contributed by atoms with Gasteiger partial charge in [0, 0.05) is 12.7 Å². The molecule has 0 amide bonds. The van der Waals surface area contributed by atoms with Crippen molar-refractivity contribution < 1.29 is 29.2 Å². The number of nitrogens with one attached hydrogen (secondary N) is 1. The molecule has 0 spiro atoms. The summed E-state index contributed by atoms with van der Waals surface area (Å²) >= 11 is 6.58. The van der Waals surface area contributed by atoms with Gasteiger partial charge in [-0.1, -0.05) is 66.2 Å². The molecule has 2 fully saturated rings. The van der Waals surface area contributed by atoms with E-state index in [0.717, 1.165) is 30.1 Å². The molecule has 0 aliphatic carbocycles. The van der Waals surface area contributed by atoms with Gasteiger partial charge in [0.15, 0.2) is 12.4 Å². The maximum Gasteiger partial charge on any atom is 0.204 e. The molecule has 186 valence electrons. The van der Waals surface area contributed by atoms with Gasteiger partial charge in [0.05, 0.1) is 29.4 Å². The summed E-state index contributed by atoms with van der Waals surface area (Å²) in [6, 6.07) is 19.8. The molecule has 3 N–H and O–H groups in total. The lowest BCUT2D eigenvalue weighted by atomic mass is 10.0. The molecule has 9 heteroatoms.